The zero-order valence-electron chi connectivity index (χ0n) is 7.38. The summed E-state index contributed by atoms with van der Waals surface area (Å²) in [5.74, 6) is 0.0989. The van der Waals surface area contributed by atoms with Crippen molar-refractivity contribution >= 4 is 5.91 Å². The normalized spacial score (nSPS) is 35.1. The highest BCUT2D eigenvalue weighted by Crippen LogP contribution is 2.22. The van der Waals surface area contributed by atoms with E-state index in [9.17, 15) is 4.79 Å². The highest BCUT2D eigenvalue weighted by molar-refractivity contribution is 5.81. The largest absolute Gasteiger partial charge is 0.365 e. The van der Waals surface area contributed by atoms with E-state index in [1.165, 1.54) is 0 Å². The lowest BCUT2D eigenvalue weighted by molar-refractivity contribution is -0.131. The summed E-state index contributed by atoms with van der Waals surface area (Å²) in [6.07, 6.45) is 4.30. The number of ether oxygens (including phenoxy) is 1. The average molecular weight is 169 g/mol. The van der Waals surface area contributed by atoms with Gasteiger partial charge in [0, 0.05) is 6.04 Å². The second-order valence-electron chi connectivity index (χ2n) is 3.80. The van der Waals surface area contributed by atoms with E-state index in [2.05, 4.69) is 5.32 Å². The Morgan fingerprint density at radius 3 is 2.58 bits per heavy atom. The van der Waals surface area contributed by atoms with E-state index < -0.39 is 0 Å². The van der Waals surface area contributed by atoms with Crippen LogP contribution in [-0.4, -0.2) is 24.2 Å². The average Bonchev–Trinajstić information content (AvgIpc) is 2.72. The fourth-order valence-electron chi connectivity index (χ4n) is 1.52. The smallest absolute Gasteiger partial charge is 0.249 e. The van der Waals surface area contributed by atoms with Crippen LogP contribution in [0.5, 0.6) is 0 Å². The molecule has 0 aromatic heterocycles. The molecule has 12 heavy (non-hydrogen) atoms. The van der Waals surface area contributed by atoms with Gasteiger partial charge in [0.25, 0.3) is 0 Å². The van der Waals surface area contributed by atoms with Crippen molar-refractivity contribution < 1.29 is 9.53 Å². The molecule has 2 atom stereocenters. The molecule has 2 aliphatic rings. The molecular weight excluding hydrogens is 154 g/mol. The minimum absolute atomic E-state index is 0.0989. The lowest BCUT2D eigenvalue weighted by Crippen LogP contribution is -2.35. The first-order valence-electron chi connectivity index (χ1n) is 4.71. The summed E-state index contributed by atoms with van der Waals surface area (Å²) in [7, 11) is 0. The lowest BCUT2D eigenvalue weighted by Gasteiger charge is -2.10. The lowest BCUT2D eigenvalue weighted by atomic mass is 10.2. The van der Waals surface area contributed by atoms with Crippen LogP contribution in [0.25, 0.3) is 0 Å². The molecule has 68 valence electrons. The Balaban J connectivity index is 1.79. The molecule has 0 aromatic carbocycles. The van der Waals surface area contributed by atoms with Crippen molar-refractivity contribution in [1.29, 1.82) is 0 Å². The van der Waals surface area contributed by atoms with Crippen molar-refractivity contribution in [2.24, 2.45) is 0 Å². The van der Waals surface area contributed by atoms with Crippen LogP contribution >= 0.6 is 0 Å². The van der Waals surface area contributed by atoms with E-state index in [-0.39, 0.29) is 18.1 Å². The Hall–Kier alpha value is -0.570. The van der Waals surface area contributed by atoms with Crippen molar-refractivity contribution in [3.05, 3.63) is 0 Å². The quantitative estimate of drug-likeness (QED) is 0.665. The van der Waals surface area contributed by atoms with E-state index in [0.29, 0.717) is 6.04 Å². The van der Waals surface area contributed by atoms with E-state index in [4.69, 9.17) is 4.74 Å². The number of carbonyl (C=O) groups is 1. The molecule has 0 radical (unpaired) electrons. The van der Waals surface area contributed by atoms with E-state index in [0.717, 1.165) is 25.7 Å². The fraction of sp³-hybridized carbons (Fsp3) is 0.889. The molecule has 0 spiro atoms. The van der Waals surface area contributed by atoms with Crippen LogP contribution in [0.2, 0.25) is 0 Å². The maximum Gasteiger partial charge on any atom is 0.249 e. The summed E-state index contributed by atoms with van der Waals surface area (Å²) in [6, 6.07) is 0.456. The summed E-state index contributed by atoms with van der Waals surface area (Å²) in [5, 5.41) is 2.95. The van der Waals surface area contributed by atoms with Gasteiger partial charge in [-0.3, -0.25) is 4.79 Å². The number of amides is 1. The molecule has 1 saturated heterocycles. The molecule has 3 heteroatoms. The molecule has 0 unspecified atom stereocenters. The molecule has 1 N–H and O–H groups in total. The van der Waals surface area contributed by atoms with Gasteiger partial charge in [-0.25, -0.2) is 0 Å². The van der Waals surface area contributed by atoms with E-state index in [1.807, 2.05) is 6.92 Å². The predicted molar refractivity (Wildman–Crippen MR) is 44.7 cm³/mol. The van der Waals surface area contributed by atoms with Gasteiger partial charge < -0.3 is 10.1 Å². The summed E-state index contributed by atoms with van der Waals surface area (Å²) >= 11 is 0. The van der Waals surface area contributed by atoms with Gasteiger partial charge in [-0.1, -0.05) is 0 Å². The van der Waals surface area contributed by atoms with Gasteiger partial charge >= 0.3 is 0 Å². The minimum atomic E-state index is -0.166. The third-order valence-electron chi connectivity index (χ3n) is 2.45. The first-order valence-corrected chi connectivity index (χ1v) is 4.71. The molecule has 2 fully saturated rings. The first kappa shape index (κ1) is 8.05. The Kier molecular flexibility index (Phi) is 2.05. The van der Waals surface area contributed by atoms with Gasteiger partial charge in [0.05, 0.1) is 6.10 Å². The summed E-state index contributed by atoms with van der Waals surface area (Å²) < 4.78 is 5.44. The second kappa shape index (κ2) is 3.05. The summed E-state index contributed by atoms with van der Waals surface area (Å²) in [5.41, 5.74) is 0. The number of carbonyl (C=O) groups excluding carboxylic acids is 1. The number of hydrogen-bond donors (Lipinski definition) is 1. The van der Waals surface area contributed by atoms with Crippen LogP contribution in [-0.2, 0) is 9.53 Å². The highest BCUT2D eigenvalue weighted by atomic mass is 16.5. The molecule has 2 rings (SSSR count). The number of rotatable bonds is 2. The van der Waals surface area contributed by atoms with Crippen LogP contribution in [0.4, 0.5) is 0 Å². The van der Waals surface area contributed by atoms with Crippen molar-refractivity contribution in [3.63, 3.8) is 0 Å². The van der Waals surface area contributed by atoms with Crippen LogP contribution in [0.1, 0.15) is 32.6 Å². The molecule has 0 aromatic rings. The van der Waals surface area contributed by atoms with E-state index >= 15 is 0 Å². The van der Waals surface area contributed by atoms with Crippen molar-refractivity contribution in [2.75, 3.05) is 0 Å². The third kappa shape index (κ3) is 1.78. The van der Waals surface area contributed by atoms with Gasteiger partial charge in [0.15, 0.2) is 0 Å². The monoisotopic (exact) mass is 169 g/mol. The molecule has 0 bridgehead atoms. The second-order valence-corrected chi connectivity index (χ2v) is 3.80. The van der Waals surface area contributed by atoms with Crippen LogP contribution in [0.3, 0.4) is 0 Å². The van der Waals surface area contributed by atoms with Crippen molar-refractivity contribution in [3.8, 4) is 0 Å². The summed E-state index contributed by atoms with van der Waals surface area (Å²) in [6.45, 7) is 2.02. The Morgan fingerprint density at radius 1 is 1.33 bits per heavy atom. The Morgan fingerprint density at radius 2 is 2.08 bits per heavy atom. The molecular formula is C9H15NO2. The van der Waals surface area contributed by atoms with Crippen LogP contribution in [0.15, 0.2) is 0 Å². The van der Waals surface area contributed by atoms with Crippen LogP contribution in [0, 0.1) is 0 Å². The number of nitrogens with one attached hydrogen (secondary N) is 1. The molecule has 1 heterocycles. The van der Waals surface area contributed by atoms with Crippen LogP contribution < -0.4 is 5.32 Å². The SMILES string of the molecule is C[C@H]1CC[C@@H](C(=O)NC2CC2)O1. The standard InChI is InChI=1S/C9H15NO2/c1-6-2-5-8(12-6)9(11)10-7-3-4-7/h6-8H,2-5H2,1H3,(H,10,11)/t6-,8-/m0/s1. The van der Waals surface area contributed by atoms with Gasteiger partial charge in [0.1, 0.15) is 6.10 Å². The minimum Gasteiger partial charge on any atom is -0.365 e. The first-order chi connectivity index (χ1) is 5.75. The van der Waals surface area contributed by atoms with Gasteiger partial charge in [-0.05, 0) is 32.6 Å². The molecule has 1 aliphatic heterocycles. The maximum atomic E-state index is 11.4. The van der Waals surface area contributed by atoms with Crippen molar-refractivity contribution in [2.45, 2.75) is 50.9 Å². The van der Waals surface area contributed by atoms with E-state index in [1.54, 1.807) is 0 Å². The van der Waals surface area contributed by atoms with Gasteiger partial charge in [0.2, 0.25) is 5.91 Å². The Bertz CT molecular complexity index is 189. The maximum absolute atomic E-state index is 11.4. The zero-order valence-corrected chi connectivity index (χ0v) is 7.38. The molecule has 1 saturated carbocycles. The predicted octanol–water partition coefficient (Wildman–Crippen LogP) is 0.832. The van der Waals surface area contributed by atoms with Gasteiger partial charge in [-0.15, -0.1) is 0 Å². The third-order valence-corrected chi connectivity index (χ3v) is 2.45. The van der Waals surface area contributed by atoms with Crippen molar-refractivity contribution in [1.82, 2.24) is 5.32 Å². The van der Waals surface area contributed by atoms with Gasteiger partial charge in [-0.2, -0.15) is 0 Å². The molecule has 3 nitrogen and oxygen atoms in total. The highest BCUT2D eigenvalue weighted by Gasteiger charge is 2.31. The number of hydrogen-bond acceptors (Lipinski definition) is 2. The summed E-state index contributed by atoms with van der Waals surface area (Å²) in [4.78, 5) is 11.4. The topological polar surface area (TPSA) is 38.3 Å². The molecule has 1 aliphatic carbocycles. The zero-order chi connectivity index (χ0) is 8.55. The molecule has 1 amide bonds. The Labute approximate surface area is 72.5 Å². The fourth-order valence-corrected chi connectivity index (χ4v) is 1.52.